The van der Waals surface area contributed by atoms with Crippen LogP contribution in [0.15, 0.2) is 42.5 Å². The van der Waals surface area contributed by atoms with E-state index < -0.39 is 0 Å². The Morgan fingerprint density at radius 2 is 1.83 bits per heavy atom. The van der Waals surface area contributed by atoms with Crippen molar-refractivity contribution in [1.29, 1.82) is 0 Å². The van der Waals surface area contributed by atoms with E-state index in [0.717, 1.165) is 22.5 Å². The maximum atomic E-state index is 12.4. The van der Waals surface area contributed by atoms with Gasteiger partial charge in [0.15, 0.2) is 0 Å². The monoisotopic (exact) mass is 307 g/mol. The molecule has 0 radical (unpaired) electrons. The fourth-order valence-electron chi connectivity index (χ4n) is 2.62. The van der Waals surface area contributed by atoms with Crippen LogP contribution in [0.3, 0.4) is 0 Å². The first-order valence-electron chi connectivity index (χ1n) is 7.80. The molecule has 3 aromatic rings. The van der Waals surface area contributed by atoms with Crippen molar-refractivity contribution in [3.8, 4) is 0 Å². The molecule has 0 aliphatic carbocycles. The number of anilines is 1. The van der Waals surface area contributed by atoms with Gasteiger partial charge in [-0.2, -0.15) is 0 Å². The molecule has 0 atom stereocenters. The molecule has 4 heteroatoms. The lowest BCUT2D eigenvalue weighted by molar-refractivity contribution is 0.102. The van der Waals surface area contributed by atoms with Gasteiger partial charge in [0.25, 0.3) is 5.91 Å². The predicted octanol–water partition coefficient (Wildman–Crippen LogP) is 4.26. The van der Waals surface area contributed by atoms with E-state index in [9.17, 15) is 4.79 Å². The van der Waals surface area contributed by atoms with Gasteiger partial charge in [0.05, 0.1) is 11.0 Å². The molecule has 0 aliphatic heterocycles. The molecule has 23 heavy (non-hydrogen) atoms. The maximum absolute atomic E-state index is 12.4. The minimum Gasteiger partial charge on any atom is -0.331 e. The predicted molar refractivity (Wildman–Crippen MR) is 93.9 cm³/mol. The number of hydrogen-bond acceptors (Lipinski definition) is 2. The SMILES string of the molecule is Cc1nc2cc(C(=O)Nc3ccc(C(C)C)cc3)ccc2n1C. The fraction of sp³-hybridized carbons (Fsp3) is 0.263. The van der Waals surface area contributed by atoms with Gasteiger partial charge in [0.2, 0.25) is 0 Å². The van der Waals surface area contributed by atoms with Gasteiger partial charge in [-0.05, 0) is 48.7 Å². The van der Waals surface area contributed by atoms with Crippen molar-refractivity contribution in [1.82, 2.24) is 9.55 Å². The largest absolute Gasteiger partial charge is 0.331 e. The Kier molecular flexibility index (Phi) is 3.90. The number of amides is 1. The highest BCUT2D eigenvalue weighted by molar-refractivity contribution is 6.05. The second-order valence-electron chi connectivity index (χ2n) is 6.15. The van der Waals surface area contributed by atoms with E-state index >= 15 is 0 Å². The third-order valence-electron chi connectivity index (χ3n) is 4.20. The van der Waals surface area contributed by atoms with Crippen LogP contribution in [0.1, 0.15) is 41.5 Å². The molecule has 2 aromatic carbocycles. The highest BCUT2D eigenvalue weighted by atomic mass is 16.1. The number of nitrogens with one attached hydrogen (secondary N) is 1. The molecule has 0 saturated carbocycles. The molecule has 0 aliphatic rings. The first-order chi connectivity index (χ1) is 11.0. The number of carbonyl (C=O) groups excluding carboxylic acids is 1. The highest BCUT2D eigenvalue weighted by Gasteiger charge is 2.10. The Morgan fingerprint density at radius 1 is 1.13 bits per heavy atom. The molecule has 1 N–H and O–H groups in total. The van der Waals surface area contributed by atoms with Gasteiger partial charge in [-0.25, -0.2) is 4.98 Å². The van der Waals surface area contributed by atoms with Crippen LogP contribution in [-0.4, -0.2) is 15.5 Å². The topological polar surface area (TPSA) is 46.9 Å². The fourth-order valence-corrected chi connectivity index (χ4v) is 2.62. The smallest absolute Gasteiger partial charge is 0.255 e. The molecule has 0 bridgehead atoms. The van der Waals surface area contributed by atoms with E-state index in [1.807, 2.05) is 61.0 Å². The van der Waals surface area contributed by atoms with Crippen molar-refractivity contribution in [2.75, 3.05) is 5.32 Å². The molecule has 0 fully saturated rings. The Balaban J connectivity index is 1.82. The van der Waals surface area contributed by atoms with Crippen LogP contribution in [0.5, 0.6) is 0 Å². The Bertz CT molecular complexity index is 860. The summed E-state index contributed by atoms with van der Waals surface area (Å²) in [7, 11) is 1.97. The minimum absolute atomic E-state index is 0.118. The zero-order valence-corrected chi connectivity index (χ0v) is 13.9. The lowest BCUT2D eigenvalue weighted by Crippen LogP contribution is -2.11. The second-order valence-corrected chi connectivity index (χ2v) is 6.15. The summed E-state index contributed by atoms with van der Waals surface area (Å²) in [6, 6.07) is 13.6. The summed E-state index contributed by atoms with van der Waals surface area (Å²) in [5.74, 6) is 1.30. The number of aromatic nitrogens is 2. The van der Waals surface area contributed by atoms with Crippen LogP contribution >= 0.6 is 0 Å². The number of imidazole rings is 1. The van der Waals surface area contributed by atoms with E-state index in [0.29, 0.717) is 11.5 Å². The summed E-state index contributed by atoms with van der Waals surface area (Å²) in [6.45, 7) is 6.26. The number of rotatable bonds is 3. The number of hydrogen-bond donors (Lipinski definition) is 1. The quantitative estimate of drug-likeness (QED) is 0.786. The van der Waals surface area contributed by atoms with Crippen LogP contribution in [0.2, 0.25) is 0 Å². The van der Waals surface area contributed by atoms with E-state index in [1.165, 1.54) is 5.56 Å². The maximum Gasteiger partial charge on any atom is 0.255 e. The molecule has 1 heterocycles. The van der Waals surface area contributed by atoms with Gasteiger partial charge in [0.1, 0.15) is 5.82 Å². The van der Waals surface area contributed by atoms with Crippen molar-refractivity contribution in [2.24, 2.45) is 7.05 Å². The Morgan fingerprint density at radius 3 is 2.48 bits per heavy atom. The molecule has 3 rings (SSSR count). The first-order valence-corrected chi connectivity index (χ1v) is 7.80. The number of fused-ring (bicyclic) bond motifs is 1. The van der Waals surface area contributed by atoms with Gasteiger partial charge >= 0.3 is 0 Å². The molecule has 0 unspecified atom stereocenters. The first kappa shape index (κ1) is 15.3. The zero-order valence-electron chi connectivity index (χ0n) is 13.9. The summed E-state index contributed by atoms with van der Waals surface area (Å²) in [5, 5.41) is 2.94. The average molecular weight is 307 g/mol. The molecular weight excluding hydrogens is 286 g/mol. The molecular formula is C19H21N3O. The summed E-state index contributed by atoms with van der Waals surface area (Å²) < 4.78 is 2.02. The summed E-state index contributed by atoms with van der Waals surface area (Å²) in [5.41, 5.74) is 4.54. The van der Waals surface area contributed by atoms with Crippen molar-refractivity contribution in [2.45, 2.75) is 26.7 Å². The van der Waals surface area contributed by atoms with Gasteiger partial charge in [-0.1, -0.05) is 26.0 Å². The molecule has 0 saturated heterocycles. The second kappa shape index (κ2) is 5.88. The molecule has 4 nitrogen and oxygen atoms in total. The lowest BCUT2D eigenvalue weighted by atomic mass is 10.0. The highest BCUT2D eigenvalue weighted by Crippen LogP contribution is 2.19. The number of nitrogens with zero attached hydrogens (tertiary/aromatic N) is 2. The van der Waals surface area contributed by atoms with Crippen LogP contribution in [0.4, 0.5) is 5.69 Å². The zero-order chi connectivity index (χ0) is 16.6. The van der Waals surface area contributed by atoms with Gasteiger partial charge < -0.3 is 9.88 Å². The number of benzene rings is 2. The molecule has 1 aromatic heterocycles. The van der Waals surface area contributed by atoms with Gasteiger partial charge in [-0.3, -0.25) is 4.79 Å². The van der Waals surface area contributed by atoms with Gasteiger partial charge in [-0.15, -0.1) is 0 Å². The van der Waals surface area contributed by atoms with Crippen molar-refractivity contribution in [3.63, 3.8) is 0 Å². The number of aryl methyl sites for hydroxylation is 2. The standard InChI is InChI=1S/C19H21N3O/c1-12(2)14-5-8-16(9-6-14)21-19(23)15-7-10-18-17(11-15)20-13(3)22(18)4/h5-12H,1-4H3,(H,21,23). The molecule has 0 spiro atoms. The molecule has 1 amide bonds. The van der Waals surface area contributed by atoms with Crippen molar-refractivity contribution in [3.05, 3.63) is 59.4 Å². The Hall–Kier alpha value is -2.62. The van der Waals surface area contributed by atoms with E-state index in [4.69, 9.17) is 0 Å². The van der Waals surface area contributed by atoms with E-state index in [1.54, 1.807) is 0 Å². The van der Waals surface area contributed by atoms with Gasteiger partial charge in [0, 0.05) is 18.3 Å². The van der Waals surface area contributed by atoms with Crippen LogP contribution < -0.4 is 5.32 Å². The lowest BCUT2D eigenvalue weighted by Gasteiger charge is -2.08. The van der Waals surface area contributed by atoms with Crippen molar-refractivity contribution < 1.29 is 4.79 Å². The van der Waals surface area contributed by atoms with Crippen molar-refractivity contribution >= 4 is 22.6 Å². The third kappa shape index (κ3) is 2.97. The van der Waals surface area contributed by atoms with Crippen LogP contribution in [0.25, 0.3) is 11.0 Å². The van der Waals surface area contributed by atoms with E-state index in [2.05, 4.69) is 24.1 Å². The molecule has 118 valence electrons. The third-order valence-corrected chi connectivity index (χ3v) is 4.20. The summed E-state index contributed by atoms with van der Waals surface area (Å²) >= 11 is 0. The van der Waals surface area contributed by atoms with Crippen LogP contribution in [0, 0.1) is 6.92 Å². The minimum atomic E-state index is -0.118. The normalized spacial score (nSPS) is 11.2. The summed E-state index contributed by atoms with van der Waals surface area (Å²) in [6.07, 6.45) is 0. The number of carbonyl (C=O) groups is 1. The summed E-state index contributed by atoms with van der Waals surface area (Å²) in [4.78, 5) is 16.9. The van der Waals surface area contributed by atoms with Crippen LogP contribution in [-0.2, 0) is 7.05 Å². The Labute approximate surface area is 136 Å². The van der Waals surface area contributed by atoms with E-state index in [-0.39, 0.29) is 5.91 Å². The average Bonchev–Trinajstić information content (AvgIpc) is 2.82.